The molecular formula is C14H19ClN2O. The molecule has 1 amide bonds. The highest BCUT2D eigenvalue weighted by Gasteiger charge is 2.39. The van der Waals surface area contributed by atoms with E-state index in [1.54, 1.807) is 6.07 Å². The van der Waals surface area contributed by atoms with Gasteiger partial charge in [-0.1, -0.05) is 18.5 Å². The molecule has 1 fully saturated rings. The normalized spacial score (nSPS) is 23.1. The van der Waals surface area contributed by atoms with Gasteiger partial charge in [0.2, 0.25) is 5.91 Å². The van der Waals surface area contributed by atoms with Crippen LogP contribution < -0.4 is 10.6 Å². The maximum absolute atomic E-state index is 12.4. The molecule has 0 aliphatic carbocycles. The zero-order valence-corrected chi connectivity index (χ0v) is 11.6. The maximum atomic E-state index is 12.4. The van der Waals surface area contributed by atoms with Crippen molar-refractivity contribution in [2.75, 3.05) is 11.9 Å². The van der Waals surface area contributed by atoms with Crippen molar-refractivity contribution in [2.45, 2.75) is 38.6 Å². The van der Waals surface area contributed by atoms with Gasteiger partial charge in [0, 0.05) is 10.7 Å². The molecule has 1 aromatic rings. The number of aryl methyl sites for hydroxylation is 1. The van der Waals surface area contributed by atoms with Crippen LogP contribution in [0.25, 0.3) is 0 Å². The van der Waals surface area contributed by atoms with E-state index in [1.165, 1.54) is 0 Å². The van der Waals surface area contributed by atoms with Gasteiger partial charge in [0.05, 0.1) is 5.54 Å². The first-order chi connectivity index (χ1) is 8.57. The predicted molar refractivity (Wildman–Crippen MR) is 75.1 cm³/mol. The van der Waals surface area contributed by atoms with Crippen LogP contribution in [0.1, 0.15) is 31.7 Å². The highest BCUT2D eigenvalue weighted by atomic mass is 35.5. The Morgan fingerprint density at radius 3 is 2.89 bits per heavy atom. The number of nitrogens with one attached hydrogen (secondary N) is 2. The van der Waals surface area contributed by atoms with Crippen molar-refractivity contribution in [2.24, 2.45) is 0 Å². The van der Waals surface area contributed by atoms with E-state index in [0.717, 1.165) is 37.1 Å². The molecule has 1 heterocycles. The zero-order valence-electron chi connectivity index (χ0n) is 10.8. The molecule has 0 saturated carbocycles. The Labute approximate surface area is 113 Å². The van der Waals surface area contributed by atoms with Gasteiger partial charge in [0.15, 0.2) is 0 Å². The Balaban J connectivity index is 2.15. The largest absolute Gasteiger partial charge is 0.324 e. The molecule has 1 aliphatic heterocycles. The molecule has 1 aliphatic rings. The van der Waals surface area contributed by atoms with Gasteiger partial charge in [-0.15, -0.1) is 0 Å². The molecule has 0 bridgehead atoms. The molecule has 2 N–H and O–H groups in total. The summed E-state index contributed by atoms with van der Waals surface area (Å²) in [5.74, 6) is 0.0629. The molecular weight excluding hydrogens is 248 g/mol. The van der Waals surface area contributed by atoms with Crippen LogP contribution in [0.4, 0.5) is 5.69 Å². The lowest BCUT2D eigenvalue weighted by atomic mass is 9.93. The Bertz CT molecular complexity index is 453. The molecule has 98 valence electrons. The van der Waals surface area contributed by atoms with Gasteiger partial charge in [0.25, 0.3) is 0 Å². The van der Waals surface area contributed by atoms with Crippen molar-refractivity contribution < 1.29 is 4.79 Å². The summed E-state index contributed by atoms with van der Waals surface area (Å²) in [5.41, 5.74) is 1.43. The molecule has 1 aromatic carbocycles. The van der Waals surface area contributed by atoms with Gasteiger partial charge >= 0.3 is 0 Å². The van der Waals surface area contributed by atoms with Crippen LogP contribution >= 0.6 is 11.6 Å². The summed E-state index contributed by atoms with van der Waals surface area (Å²) in [4.78, 5) is 12.4. The molecule has 0 radical (unpaired) electrons. The summed E-state index contributed by atoms with van der Waals surface area (Å²) in [6, 6.07) is 5.51. The molecule has 0 spiro atoms. The number of hydrogen-bond donors (Lipinski definition) is 2. The van der Waals surface area contributed by atoms with Crippen LogP contribution in [0.15, 0.2) is 18.2 Å². The van der Waals surface area contributed by atoms with E-state index in [0.29, 0.717) is 5.02 Å². The molecule has 1 saturated heterocycles. The lowest BCUT2D eigenvalue weighted by Gasteiger charge is -2.27. The average molecular weight is 267 g/mol. The van der Waals surface area contributed by atoms with E-state index in [9.17, 15) is 4.79 Å². The average Bonchev–Trinajstić information content (AvgIpc) is 2.82. The molecule has 18 heavy (non-hydrogen) atoms. The van der Waals surface area contributed by atoms with Crippen molar-refractivity contribution in [3.63, 3.8) is 0 Å². The minimum Gasteiger partial charge on any atom is -0.324 e. The number of amides is 1. The first-order valence-corrected chi connectivity index (χ1v) is 6.78. The highest BCUT2D eigenvalue weighted by molar-refractivity contribution is 6.30. The first kappa shape index (κ1) is 13.4. The monoisotopic (exact) mass is 266 g/mol. The van der Waals surface area contributed by atoms with Gasteiger partial charge < -0.3 is 10.6 Å². The quantitative estimate of drug-likeness (QED) is 0.883. The lowest BCUT2D eigenvalue weighted by molar-refractivity contribution is -0.122. The van der Waals surface area contributed by atoms with Gasteiger partial charge in [-0.05, 0) is 56.5 Å². The Kier molecular flexibility index (Phi) is 3.93. The SMILES string of the molecule is CCC1(C(=O)Nc2ccc(Cl)cc2C)CCCN1. The second kappa shape index (κ2) is 5.29. The van der Waals surface area contributed by atoms with Crippen LogP contribution in [0.5, 0.6) is 0 Å². The smallest absolute Gasteiger partial charge is 0.244 e. The van der Waals surface area contributed by atoms with Crippen LogP contribution in [0.3, 0.4) is 0 Å². The number of benzene rings is 1. The molecule has 4 heteroatoms. The third-order valence-corrected chi connectivity index (χ3v) is 3.95. The highest BCUT2D eigenvalue weighted by Crippen LogP contribution is 2.26. The summed E-state index contributed by atoms with van der Waals surface area (Å²) < 4.78 is 0. The lowest BCUT2D eigenvalue weighted by Crippen LogP contribution is -2.50. The van der Waals surface area contributed by atoms with Gasteiger partial charge in [0.1, 0.15) is 0 Å². The number of carbonyl (C=O) groups is 1. The third-order valence-electron chi connectivity index (χ3n) is 3.72. The van der Waals surface area contributed by atoms with Crippen molar-refractivity contribution in [1.29, 1.82) is 0 Å². The number of carbonyl (C=O) groups excluding carboxylic acids is 1. The van der Waals surface area contributed by atoms with E-state index >= 15 is 0 Å². The zero-order chi connectivity index (χ0) is 13.2. The Morgan fingerprint density at radius 1 is 1.56 bits per heavy atom. The minimum absolute atomic E-state index is 0.0629. The summed E-state index contributed by atoms with van der Waals surface area (Å²) >= 11 is 5.91. The molecule has 1 unspecified atom stereocenters. The van der Waals surface area contributed by atoms with Crippen LogP contribution in [0, 0.1) is 6.92 Å². The molecule has 1 atom stereocenters. The van der Waals surface area contributed by atoms with E-state index in [-0.39, 0.29) is 5.91 Å². The number of anilines is 1. The topological polar surface area (TPSA) is 41.1 Å². The van der Waals surface area contributed by atoms with Crippen LogP contribution in [0.2, 0.25) is 5.02 Å². The number of halogens is 1. The summed E-state index contributed by atoms with van der Waals surface area (Å²) in [5, 5.41) is 7.03. The fraction of sp³-hybridized carbons (Fsp3) is 0.500. The van der Waals surface area contributed by atoms with Crippen molar-refractivity contribution >= 4 is 23.2 Å². The predicted octanol–water partition coefficient (Wildman–Crippen LogP) is 3.12. The van der Waals surface area contributed by atoms with Crippen molar-refractivity contribution in [3.8, 4) is 0 Å². The first-order valence-electron chi connectivity index (χ1n) is 6.40. The van der Waals surface area contributed by atoms with Gasteiger partial charge in [-0.25, -0.2) is 0 Å². The fourth-order valence-electron chi connectivity index (χ4n) is 2.47. The Morgan fingerprint density at radius 2 is 2.33 bits per heavy atom. The van der Waals surface area contributed by atoms with Gasteiger partial charge in [-0.3, -0.25) is 4.79 Å². The minimum atomic E-state index is -0.397. The Hall–Kier alpha value is -1.06. The second-order valence-corrected chi connectivity index (χ2v) is 5.32. The molecule has 2 rings (SSSR count). The van der Waals surface area contributed by atoms with Crippen molar-refractivity contribution in [1.82, 2.24) is 5.32 Å². The summed E-state index contributed by atoms with van der Waals surface area (Å²) in [7, 11) is 0. The van der Waals surface area contributed by atoms with E-state index < -0.39 is 5.54 Å². The number of rotatable bonds is 3. The van der Waals surface area contributed by atoms with Crippen molar-refractivity contribution in [3.05, 3.63) is 28.8 Å². The molecule has 0 aromatic heterocycles. The fourth-order valence-corrected chi connectivity index (χ4v) is 2.70. The standard InChI is InChI=1S/C14H19ClN2O/c1-3-14(7-4-8-16-14)13(18)17-12-6-5-11(15)9-10(12)2/h5-6,9,16H,3-4,7-8H2,1-2H3,(H,17,18). The van der Waals surface area contributed by atoms with E-state index in [1.807, 2.05) is 26.0 Å². The summed E-state index contributed by atoms with van der Waals surface area (Å²) in [6.45, 7) is 4.91. The van der Waals surface area contributed by atoms with Gasteiger partial charge in [-0.2, -0.15) is 0 Å². The second-order valence-electron chi connectivity index (χ2n) is 4.88. The summed E-state index contributed by atoms with van der Waals surface area (Å²) in [6.07, 6.45) is 2.77. The van der Waals surface area contributed by atoms with Crippen LogP contribution in [-0.2, 0) is 4.79 Å². The maximum Gasteiger partial charge on any atom is 0.244 e. The number of hydrogen-bond acceptors (Lipinski definition) is 2. The third kappa shape index (κ3) is 2.52. The molecule has 3 nitrogen and oxygen atoms in total. The van der Waals surface area contributed by atoms with Crippen LogP contribution in [-0.4, -0.2) is 18.0 Å². The van der Waals surface area contributed by atoms with E-state index in [2.05, 4.69) is 10.6 Å². The van der Waals surface area contributed by atoms with E-state index in [4.69, 9.17) is 11.6 Å².